The van der Waals surface area contributed by atoms with Gasteiger partial charge in [0, 0.05) is 11.8 Å². The third kappa shape index (κ3) is 4.75. The second-order valence-corrected chi connectivity index (χ2v) is 6.07. The van der Waals surface area contributed by atoms with Crippen LogP contribution in [0.2, 0.25) is 0 Å². The summed E-state index contributed by atoms with van der Waals surface area (Å²) < 4.78 is 36.8. The summed E-state index contributed by atoms with van der Waals surface area (Å²) in [6.45, 7) is 0.904. The van der Waals surface area contributed by atoms with Crippen molar-refractivity contribution in [2.24, 2.45) is 0 Å². The van der Waals surface area contributed by atoms with Crippen LogP contribution in [0.4, 0.5) is 20.2 Å². The smallest absolute Gasteiger partial charge is 0.348 e. The molecule has 0 spiro atoms. The Morgan fingerprint density at radius 3 is 2.55 bits per heavy atom. The highest BCUT2D eigenvalue weighted by Crippen LogP contribution is 2.21. The summed E-state index contributed by atoms with van der Waals surface area (Å²) in [5.41, 5.74) is -0.0493. The van der Waals surface area contributed by atoms with Gasteiger partial charge in [-0.3, -0.25) is 9.59 Å². The molecule has 0 saturated heterocycles. The number of benzene rings is 2. The number of nitrogens with one attached hydrogen (secondary N) is 2. The molecule has 0 bridgehead atoms. The van der Waals surface area contributed by atoms with Gasteiger partial charge in [0.05, 0.1) is 5.69 Å². The normalized spacial score (nSPS) is 14.2. The van der Waals surface area contributed by atoms with Crippen molar-refractivity contribution in [3.05, 3.63) is 71.6 Å². The molecule has 0 aromatic heterocycles. The van der Waals surface area contributed by atoms with Crippen LogP contribution in [0.5, 0.6) is 0 Å². The third-order valence-electron chi connectivity index (χ3n) is 3.93. The van der Waals surface area contributed by atoms with Crippen LogP contribution < -0.4 is 10.6 Å². The number of rotatable bonds is 6. The Hall–Kier alpha value is -3.75. The molecule has 150 valence electrons. The van der Waals surface area contributed by atoms with Crippen molar-refractivity contribution < 1.29 is 32.6 Å². The van der Waals surface area contributed by atoms with Crippen LogP contribution in [-0.4, -0.2) is 30.4 Å². The zero-order valence-corrected chi connectivity index (χ0v) is 15.2. The first-order chi connectivity index (χ1) is 13.8. The second-order valence-electron chi connectivity index (χ2n) is 6.07. The Balaban J connectivity index is 1.69. The lowest BCUT2D eigenvalue weighted by molar-refractivity contribution is -0.150. The molecule has 29 heavy (non-hydrogen) atoms. The van der Waals surface area contributed by atoms with E-state index in [0.29, 0.717) is 11.8 Å². The van der Waals surface area contributed by atoms with Gasteiger partial charge in [-0.2, -0.15) is 0 Å². The molecule has 1 atom stereocenters. The number of carbonyl (C=O) groups is 3. The SMILES string of the molecule is C[C@H](OC(=O)C1=C(Nc2ccccc2)OCC1=O)C(=O)Nc1ccc(F)cc1F. The van der Waals surface area contributed by atoms with Crippen LogP contribution in [0.1, 0.15) is 6.92 Å². The largest absolute Gasteiger partial charge is 0.470 e. The number of halogens is 2. The zero-order chi connectivity index (χ0) is 21.0. The first kappa shape index (κ1) is 20.0. The first-order valence-electron chi connectivity index (χ1n) is 8.54. The summed E-state index contributed by atoms with van der Waals surface area (Å²) in [5, 5.41) is 5.00. The molecule has 0 saturated carbocycles. The van der Waals surface area contributed by atoms with Crippen LogP contribution in [0.25, 0.3) is 0 Å². The number of carbonyl (C=O) groups excluding carboxylic acids is 3. The molecule has 2 aromatic rings. The van der Waals surface area contributed by atoms with Gasteiger partial charge in [-0.05, 0) is 31.2 Å². The van der Waals surface area contributed by atoms with Crippen LogP contribution in [0, 0.1) is 11.6 Å². The van der Waals surface area contributed by atoms with E-state index < -0.39 is 35.4 Å². The van der Waals surface area contributed by atoms with Crippen LogP contribution in [0.3, 0.4) is 0 Å². The molecule has 1 heterocycles. The minimum absolute atomic E-state index is 0.0802. The van der Waals surface area contributed by atoms with E-state index >= 15 is 0 Å². The number of Topliss-reactive ketones (excluding diaryl/α,β-unsaturated/α-hetero) is 1. The molecule has 0 unspecified atom stereocenters. The van der Waals surface area contributed by atoms with Gasteiger partial charge in [0.25, 0.3) is 5.91 Å². The zero-order valence-electron chi connectivity index (χ0n) is 15.2. The van der Waals surface area contributed by atoms with Gasteiger partial charge in [0.15, 0.2) is 18.3 Å². The Morgan fingerprint density at radius 1 is 1.14 bits per heavy atom. The lowest BCUT2D eigenvalue weighted by atomic mass is 10.2. The van der Waals surface area contributed by atoms with Crippen molar-refractivity contribution in [2.45, 2.75) is 13.0 Å². The maximum Gasteiger partial charge on any atom is 0.348 e. The fraction of sp³-hybridized carbons (Fsp3) is 0.150. The summed E-state index contributed by atoms with van der Waals surface area (Å²) in [7, 11) is 0. The van der Waals surface area contributed by atoms with E-state index in [1.807, 2.05) is 0 Å². The summed E-state index contributed by atoms with van der Waals surface area (Å²) >= 11 is 0. The summed E-state index contributed by atoms with van der Waals surface area (Å²) in [4.78, 5) is 36.6. The van der Waals surface area contributed by atoms with Crippen LogP contribution >= 0.6 is 0 Å². The maximum atomic E-state index is 13.7. The molecule has 0 fully saturated rings. The van der Waals surface area contributed by atoms with Crippen molar-refractivity contribution in [3.63, 3.8) is 0 Å². The molecular weight excluding hydrogens is 386 g/mol. The number of anilines is 2. The molecular formula is C20H16F2N2O5. The Morgan fingerprint density at radius 2 is 1.86 bits per heavy atom. The van der Waals surface area contributed by atoms with E-state index in [1.165, 1.54) is 6.92 Å². The average molecular weight is 402 g/mol. The number of ether oxygens (including phenoxy) is 2. The minimum Gasteiger partial charge on any atom is -0.470 e. The third-order valence-corrected chi connectivity index (χ3v) is 3.93. The van der Waals surface area contributed by atoms with Gasteiger partial charge in [-0.15, -0.1) is 0 Å². The second kappa shape index (κ2) is 8.51. The van der Waals surface area contributed by atoms with Crippen molar-refractivity contribution in [1.82, 2.24) is 0 Å². The minimum atomic E-state index is -1.36. The van der Waals surface area contributed by atoms with E-state index in [1.54, 1.807) is 30.3 Å². The van der Waals surface area contributed by atoms with Gasteiger partial charge >= 0.3 is 5.97 Å². The molecule has 2 aromatic carbocycles. The molecule has 1 aliphatic rings. The number of esters is 1. The van der Waals surface area contributed by atoms with Gasteiger partial charge in [0.2, 0.25) is 11.7 Å². The van der Waals surface area contributed by atoms with Gasteiger partial charge in [0.1, 0.15) is 11.6 Å². The molecule has 0 radical (unpaired) electrons. The summed E-state index contributed by atoms with van der Waals surface area (Å²) in [5.74, 6) is -4.38. The quantitative estimate of drug-likeness (QED) is 0.570. The van der Waals surface area contributed by atoms with Gasteiger partial charge < -0.3 is 20.1 Å². The summed E-state index contributed by atoms with van der Waals surface area (Å²) in [6.07, 6.45) is -1.36. The maximum absolute atomic E-state index is 13.7. The van der Waals surface area contributed by atoms with E-state index in [9.17, 15) is 23.2 Å². The fourth-order valence-electron chi connectivity index (χ4n) is 2.46. The molecule has 9 heteroatoms. The molecule has 1 aliphatic heterocycles. The van der Waals surface area contributed by atoms with Crippen molar-refractivity contribution in [2.75, 3.05) is 17.2 Å². The molecule has 7 nitrogen and oxygen atoms in total. The molecule has 1 amide bonds. The van der Waals surface area contributed by atoms with Crippen molar-refractivity contribution >= 4 is 29.0 Å². The number of ketones is 1. The molecule has 3 rings (SSSR count). The predicted octanol–water partition coefficient (Wildman–Crippen LogP) is 2.76. The average Bonchev–Trinajstić information content (AvgIpc) is 3.04. The van der Waals surface area contributed by atoms with E-state index in [4.69, 9.17) is 9.47 Å². The Labute approximate surface area is 164 Å². The first-order valence-corrected chi connectivity index (χ1v) is 8.54. The van der Waals surface area contributed by atoms with Gasteiger partial charge in [-0.1, -0.05) is 18.2 Å². The van der Waals surface area contributed by atoms with E-state index in [-0.39, 0.29) is 23.8 Å². The fourth-order valence-corrected chi connectivity index (χ4v) is 2.46. The number of amides is 1. The highest BCUT2D eigenvalue weighted by molar-refractivity contribution is 6.20. The highest BCUT2D eigenvalue weighted by Gasteiger charge is 2.34. The lowest BCUT2D eigenvalue weighted by Gasteiger charge is -2.14. The predicted molar refractivity (Wildman–Crippen MR) is 98.6 cm³/mol. The van der Waals surface area contributed by atoms with E-state index in [0.717, 1.165) is 12.1 Å². The van der Waals surface area contributed by atoms with Crippen LogP contribution in [-0.2, 0) is 23.9 Å². The van der Waals surface area contributed by atoms with Crippen molar-refractivity contribution in [3.8, 4) is 0 Å². The Bertz CT molecular complexity index is 992. The molecule has 0 aliphatic carbocycles. The standard InChI is InChI=1S/C20H16F2N2O5/c1-11(18(26)24-15-8-7-12(21)9-14(15)22)29-20(27)17-16(25)10-28-19(17)23-13-5-3-2-4-6-13/h2-9,11,23H,10H2,1H3,(H,24,26)/t11-/m0/s1. The lowest BCUT2D eigenvalue weighted by Crippen LogP contribution is -2.31. The van der Waals surface area contributed by atoms with Crippen LogP contribution in [0.15, 0.2) is 60.0 Å². The molecule has 2 N–H and O–H groups in total. The highest BCUT2D eigenvalue weighted by atomic mass is 19.1. The topological polar surface area (TPSA) is 93.7 Å². The summed E-state index contributed by atoms with van der Waals surface area (Å²) in [6, 6.07) is 11.3. The number of hydrogen-bond donors (Lipinski definition) is 2. The Kier molecular flexibility index (Phi) is 5.87. The monoisotopic (exact) mass is 402 g/mol. The van der Waals surface area contributed by atoms with Crippen molar-refractivity contribution in [1.29, 1.82) is 0 Å². The number of para-hydroxylation sites is 1. The van der Waals surface area contributed by atoms with E-state index in [2.05, 4.69) is 10.6 Å². The van der Waals surface area contributed by atoms with Gasteiger partial charge in [-0.25, -0.2) is 13.6 Å². The number of hydrogen-bond acceptors (Lipinski definition) is 6.